The average molecular weight is 500 g/mol. The molecule has 1 aliphatic rings. The predicted octanol–water partition coefficient (Wildman–Crippen LogP) is 8.27. The van der Waals surface area contributed by atoms with E-state index in [-0.39, 0.29) is 5.92 Å². The summed E-state index contributed by atoms with van der Waals surface area (Å²) in [6.45, 7) is 2.15. The van der Waals surface area contributed by atoms with Crippen molar-refractivity contribution in [3.05, 3.63) is 143 Å². The van der Waals surface area contributed by atoms with E-state index in [9.17, 15) is 0 Å². The molecular formula is C32H25N3OS. The summed E-state index contributed by atoms with van der Waals surface area (Å²) < 4.78 is 7.75. The van der Waals surface area contributed by atoms with Crippen LogP contribution < -0.4 is 5.43 Å². The zero-order chi connectivity index (χ0) is 25.0. The minimum Gasteiger partial charge on any atom is -0.456 e. The van der Waals surface area contributed by atoms with E-state index in [2.05, 4.69) is 83.1 Å². The van der Waals surface area contributed by atoms with Crippen molar-refractivity contribution < 1.29 is 4.74 Å². The maximum absolute atomic E-state index is 6.62. The first-order valence-electron chi connectivity index (χ1n) is 12.2. The molecule has 2 heterocycles. The number of benzene rings is 4. The van der Waals surface area contributed by atoms with E-state index < -0.39 is 0 Å². The van der Waals surface area contributed by atoms with Crippen LogP contribution in [0, 0.1) is 6.92 Å². The number of aromatic nitrogens is 1. The number of nitrogens with zero attached hydrogens (tertiary/aromatic N) is 2. The van der Waals surface area contributed by atoms with Gasteiger partial charge < -0.3 is 4.74 Å². The molecule has 0 saturated heterocycles. The van der Waals surface area contributed by atoms with Crippen LogP contribution in [0.5, 0.6) is 0 Å². The van der Waals surface area contributed by atoms with Crippen LogP contribution in [0.2, 0.25) is 0 Å². The molecule has 1 aliphatic heterocycles. The van der Waals surface area contributed by atoms with Gasteiger partial charge in [0.2, 0.25) is 5.13 Å². The van der Waals surface area contributed by atoms with E-state index in [1.54, 1.807) is 11.3 Å². The summed E-state index contributed by atoms with van der Waals surface area (Å²) in [6.07, 6.45) is 4.08. The van der Waals surface area contributed by atoms with Gasteiger partial charge in [-0.2, -0.15) is 5.10 Å². The number of thiazole rings is 1. The Bertz CT molecular complexity index is 1600. The number of ether oxygens (including phenoxy) is 1. The van der Waals surface area contributed by atoms with Crippen LogP contribution in [0.15, 0.2) is 126 Å². The molecule has 180 valence electrons. The largest absolute Gasteiger partial charge is 0.456 e. The third kappa shape index (κ3) is 4.82. The van der Waals surface area contributed by atoms with Gasteiger partial charge in [-0.15, -0.1) is 0 Å². The van der Waals surface area contributed by atoms with Crippen molar-refractivity contribution in [2.24, 2.45) is 5.10 Å². The third-order valence-electron chi connectivity index (χ3n) is 6.40. The normalized spacial score (nSPS) is 15.6. The van der Waals surface area contributed by atoms with Gasteiger partial charge >= 0.3 is 0 Å². The molecule has 0 radical (unpaired) electrons. The topological polar surface area (TPSA) is 46.5 Å². The summed E-state index contributed by atoms with van der Waals surface area (Å²) in [5, 5.41) is 5.40. The first-order chi connectivity index (χ1) is 18.3. The van der Waals surface area contributed by atoms with Crippen molar-refractivity contribution in [2.45, 2.75) is 12.8 Å². The molecule has 0 saturated carbocycles. The minimum atomic E-state index is -0.0405. The summed E-state index contributed by atoms with van der Waals surface area (Å²) in [5.74, 6) is 1.59. The van der Waals surface area contributed by atoms with Gasteiger partial charge in [0.15, 0.2) is 0 Å². The summed E-state index contributed by atoms with van der Waals surface area (Å²) in [7, 11) is 0. The van der Waals surface area contributed by atoms with Gasteiger partial charge in [0.25, 0.3) is 0 Å². The molecule has 4 nitrogen and oxygen atoms in total. The Morgan fingerprint density at radius 1 is 0.811 bits per heavy atom. The van der Waals surface area contributed by atoms with E-state index in [4.69, 9.17) is 4.74 Å². The number of allylic oxidation sites excluding steroid dienone is 2. The monoisotopic (exact) mass is 499 g/mol. The summed E-state index contributed by atoms with van der Waals surface area (Å²) in [5.41, 5.74) is 9.57. The molecule has 1 atom stereocenters. The van der Waals surface area contributed by atoms with Gasteiger partial charge in [-0.1, -0.05) is 108 Å². The number of hydrogen-bond acceptors (Lipinski definition) is 5. The van der Waals surface area contributed by atoms with E-state index in [0.29, 0.717) is 0 Å². The van der Waals surface area contributed by atoms with Crippen LogP contribution in [-0.4, -0.2) is 11.2 Å². The molecular weight excluding hydrogens is 474 g/mol. The second-order valence-corrected chi connectivity index (χ2v) is 9.87. The lowest BCUT2D eigenvalue weighted by atomic mass is 9.84. The number of nitrogens with one attached hydrogen (secondary N) is 1. The first kappa shape index (κ1) is 23.0. The van der Waals surface area contributed by atoms with Gasteiger partial charge in [0.05, 0.1) is 16.4 Å². The smallest absolute Gasteiger partial charge is 0.204 e. The van der Waals surface area contributed by atoms with Crippen LogP contribution in [0.25, 0.3) is 21.7 Å². The Kier molecular flexibility index (Phi) is 6.36. The fourth-order valence-electron chi connectivity index (χ4n) is 4.57. The maximum atomic E-state index is 6.62. The standard InChI is InChI=1S/C32H25N3OS/c1-22-12-8-9-17-25(22)26-20-29(23-13-4-2-5-14-23)36-31(24-15-6-3-7-16-24)27(26)21-33-35-32-34-28-18-10-11-19-30(28)37-32/h2-21,26H,1H3,(H,34,35)/t26-/m0/s1. The lowest BCUT2D eigenvalue weighted by Gasteiger charge is -2.28. The van der Waals surface area contributed by atoms with Crippen LogP contribution in [-0.2, 0) is 4.74 Å². The SMILES string of the molecule is Cc1ccccc1[C@@H]1C=C(c2ccccc2)OC(c2ccccc2)=C1C=NNc1nc2ccccc2s1. The van der Waals surface area contributed by atoms with Gasteiger partial charge in [0, 0.05) is 22.6 Å². The van der Waals surface area contributed by atoms with Crippen molar-refractivity contribution in [2.75, 3.05) is 5.43 Å². The first-order valence-corrected chi connectivity index (χ1v) is 13.0. The van der Waals surface area contributed by atoms with Gasteiger partial charge in [-0.3, -0.25) is 5.43 Å². The molecule has 0 bridgehead atoms. The van der Waals surface area contributed by atoms with Crippen molar-refractivity contribution in [1.82, 2.24) is 4.98 Å². The molecule has 4 aromatic carbocycles. The lowest BCUT2D eigenvalue weighted by Crippen LogP contribution is -2.14. The number of hydrazone groups is 1. The highest BCUT2D eigenvalue weighted by Crippen LogP contribution is 2.41. The van der Waals surface area contributed by atoms with Crippen molar-refractivity contribution in [3.63, 3.8) is 0 Å². The number of anilines is 1. The van der Waals surface area contributed by atoms with E-state index in [1.807, 2.05) is 60.8 Å². The molecule has 0 amide bonds. The third-order valence-corrected chi connectivity index (χ3v) is 7.34. The van der Waals surface area contributed by atoms with Crippen LogP contribution in [0.4, 0.5) is 5.13 Å². The Balaban J connectivity index is 1.45. The highest BCUT2D eigenvalue weighted by molar-refractivity contribution is 7.22. The quantitative estimate of drug-likeness (QED) is 0.189. The number of aryl methyl sites for hydroxylation is 1. The fourth-order valence-corrected chi connectivity index (χ4v) is 5.38. The lowest BCUT2D eigenvalue weighted by molar-refractivity contribution is 0.456. The molecule has 1 N–H and O–H groups in total. The van der Waals surface area contributed by atoms with Crippen molar-refractivity contribution in [1.29, 1.82) is 0 Å². The molecule has 5 aromatic rings. The second-order valence-electron chi connectivity index (χ2n) is 8.84. The van der Waals surface area contributed by atoms with Crippen LogP contribution in [0.1, 0.15) is 28.2 Å². The van der Waals surface area contributed by atoms with Gasteiger partial charge in [-0.25, -0.2) is 4.98 Å². The summed E-state index contributed by atoms with van der Waals surface area (Å²) >= 11 is 1.58. The van der Waals surface area contributed by atoms with Gasteiger partial charge in [0.1, 0.15) is 11.5 Å². The Morgan fingerprint density at radius 3 is 2.24 bits per heavy atom. The highest BCUT2D eigenvalue weighted by Gasteiger charge is 2.28. The molecule has 1 aromatic heterocycles. The van der Waals surface area contributed by atoms with Crippen LogP contribution >= 0.6 is 11.3 Å². The van der Waals surface area contributed by atoms with Crippen LogP contribution in [0.3, 0.4) is 0 Å². The summed E-state index contributed by atoms with van der Waals surface area (Å²) in [4.78, 5) is 4.65. The number of para-hydroxylation sites is 1. The minimum absolute atomic E-state index is 0.0405. The van der Waals surface area contributed by atoms with Crippen molar-refractivity contribution >= 4 is 44.4 Å². The predicted molar refractivity (Wildman–Crippen MR) is 155 cm³/mol. The molecule has 5 heteroatoms. The zero-order valence-electron chi connectivity index (χ0n) is 20.3. The summed E-state index contributed by atoms with van der Waals surface area (Å²) in [6, 6.07) is 37.1. The van der Waals surface area contributed by atoms with Crippen molar-refractivity contribution in [3.8, 4) is 0 Å². The van der Waals surface area contributed by atoms with E-state index in [1.165, 1.54) is 11.1 Å². The Morgan fingerprint density at radius 2 is 1.49 bits per heavy atom. The molecule has 0 unspecified atom stereocenters. The Labute approximate surface area is 220 Å². The zero-order valence-corrected chi connectivity index (χ0v) is 21.2. The number of rotatable bonds is 6. The molecule has 0 aliphatic carbocycles. The average Bonchev–Trinajstić information content (AvgIpc) is 3.37. The Hall–Kier alpha value is -4.48. The second kappa shape index (κ2) is 10.2. The molecule has 6 rings (SSSR count). The number of hydrogen-bond donors (Lipinski definition) is 1. The van der Waals surface area contributed by atoms with E-state index >= 15 is 0 Å². The van der Waals surface area contributed by atoms with E-state index in [0.717, 1.165) is 43.6 Å². The number of fused-ring (bicyclic) bond motifs is 1. The van der Waals surface area contributed by atoms with Gasteiger partial charge in [-0.05, 0) is 36.3 Å². The maximum Gasteiger partial charge on any atom is 0.204 e. The molecule has 0 spiro atoms. The molecule has 37 heavy (non-hydrogen) atoms. The highest BCUT2D eigenvalue weighted by atomic mass is 32.1. The fraction of sp³-hybridized carbons (Fsp3) is 0.0625. The molecule has 0 fully saturated rings.